The van der Waals surface area contributed by atoms with Crippen LogP contribution in [0.1, 0.15) is 94.2 Å². The molecule has 47 heavy (non-hydrogen) atoms. The molecule has 0 saturated carbocycles. The Morgan fingerprint density at radius 3 is 2.17 bits per heavy atom. The number of fused-ring (bicyclic) bond motifs is 3. The Morgan fingerprint density at radius 2 is 1.60 bits per heavy atom. The number of carbonyl (C=O) groups excluding carboxylic acids is 3. The van der Waals surface area contributed by atoms with E-state index in [-0.39, 0.29) is 23.7 Å². The van der Waals surface area contributed by atoms with E-state index in [2.05, 4.69) is 72.1 Å². The Morgan fingerprint density at radius 1 is 0.979 bits per heavy atom. The van der Waals surface area contributed by atoms with Crippen molar-refractivity contribution in [3.8, 4) is 11.3 Å². The normalized spacial score (nSPS) is 21.2. The van der Waals surface area contributed by atoms with Crippen molar-refractivity contribution >= 4 is 39.3 Å². The maximum Gasteiger partial charge on any atom is 0.240 e. The number of likely N-dealkylation sites (tertiary alicyclic amines) is 1. The van der Waals surface area contributed by atoms with Crippen molar-refractivity contribution in [1.82, 2.24) is 20.1 Å². The molecule has 3 fully saturated rings. The van der Waals surface area contributed by atoms with Crippen LogP contribution < -0.4 is 11.1 Å². The molecule has 3 aliphatic rings. The second-order valence-corrected chi connectivity index (χ2v) is 16.5. The van der Waals surface area contributed by atoms with Gasteiger partial charge in [-0.2, -0.15) is 0 Å². The SMILES string of the molecule is Cc1cc(C)cc(-c2[nH]c3sc(C(C)(C)C(=O)N4C5CCC4CC5)cc3c2CCN2CCC(C(=O)N[C@@H](CC(C)C)C(N)=O)CC2)c1. The van der Waals surface area contributed by atoms with Crippen LogP contribution in [0.5, 0.6) is 0 Å². The summed E-state index contributed by atoms with van der Waals surface area (Å²) in [6.07, 6.45) is 7.56. The summed E-state index contributed by atoms with van der Waals surface area (Å²) in [6, 6.07) is 9.24. The number of piperidine rings is 1. The molecule has 3 aliphatic heterocycles. The Balaban J connectivity index is 1.19. The summed E-state index contributed by atoms with van der Waals surface area (Å²) in [6.45, 7) is 15.1. The summed E-state index contributed by atoms with van der Waals surface area (Å²) in [5, 5.41) is 4.15. The van der Waals surface area contributed by atoms with Gasteiger partial charge >= 0.3 is 0 Å². The van der Waals surface area contributed by atoms with Crippen LogP contribution in [0.15, 0.2) is 24.3 Å². The number of nitrogens with one attached hydrogen (secondary N) is 2. The minimum atomic E-state index is -0.610. The van der Waals surface area contributed by atoms with Crippen molar-refractivity contribution in [2.24, 2.45) is 17.6 Å². The van der Waals surface area contributed by atoms with Crippen molar-refractivity contribution in [3.05, 3.63) is 45.8 Å². The number of H-pyrrole nitrogens is 1. The van der Waals surface area contributed by atoms with E-state index >= 15 is 0 Å². The molecule has 0 aliphatic carbocycles. The van der Waals surface area contributed by atoms with Gasteiger partial charge in [0.25, 0.3) is 0 Å². The standard InChI is InChI=1S/C38H53N5O3S/c1-22(2)17-31(34(39)44)40-35(45)25-11-14-42(15-12-25)16-13-29-30-21-32(38(5,6)37(46)43-27-7-8-28(43)10-9-27)47-36(30)41-33(29)26-19-23(3)18-24(4)20-26/h18-22,25,27-28,31,41H,7-17H2,1-6H3,(H2,39,44)(H,40,45)/t27?,28?,31-/m0/s1. The zero-order valence-corrected chi connectivity index (χ0v) is 29.9. The van der Waals surface area contributed by atoms with Crippen LogP contribution in [-0.4, -0.2) is 70.3 Å². The highest BCUT2D eigenvalue weighted by molar-refractivity contribution is 7.19. The van der Waals surface area contributed by atoms with Crippen molar-refractivity contribution in [2.75, 3.05) is 19.6 Å². The van der Waals surface area contributed by atoms with E-state index in [4.69, 9.17) is 5.73 Å². The van der Waals surface area contributed by atoms with E-state index in [1.54, 1.807) is 11.3 Å². The zero-order chi connectivity index (χ0) is 33.6. The number of primary amides is 1. The van der Waals surface area contributed by atoms with Crippen LogP contribution in [0.3, 0.4) is 0 Å². The van der Waals surface area contributed by atoms with E-state index < -0.39 is 17.4 Å². The number of carbonyl (C=O) groups is 3. The molecular weight excluding hydrogens is 607 g/mol. The lowest BCUT2D eigenvalue weighted by Gasteiger charge is -2.32. The molecule has 3 aromatic rings. The van der Waals surface area contributed by atoms with Crippen LogP contribution in [0.4, 0.5) is 0 Å². The molecule has 2 aromatic heterocycles. The number of amides is 3. The Bertz CT molecular complexity index is 1610. The van der Waals surface area contributed by atoms with Crippen LogP contribution in [0.2, 0.25) is 0 Å². The average molecular weight is 660 g/mol. The van der Waals surface area contributed by atoms with Crippen LogP contribution >= 0.6 is 11.3 Å². The third-order valence-electron chi connectivity index (χ3n) is 10.9. The fraction of sp³-hybridized carbons (Fsp3) is 0.605. The maximum atomic E-state index is 14.0. The molecule has 0 radical (unpaired) electrons. The molecule has 1 aromatic carbocycles. The van der Waals surface area contributed by atoms with Gasteiger partial charge in [-0.3, -0.25) is 14.4 Å². The number of aromatic amines is 1. The molecule has 5 heterocycles. The quantitative estimate of drug-likeness (QED) is 0.227. The largest absolute Gasteiger partial charge is 0.368 e. The van der Waals surface area contributed by atoms with Crippen LogP contribution in [-0.2, 0) is 26.2 Å². The Kier molecular flexibility index (Phi) is 9.60. The molecular formula is C38H53N5O3S. The molecule has 0 spiro atoms. The topological polar surface area (TPSA) is 112 Å². The van der Waals surface area contributed by atoms with E-state index in [1.165, 1.54) is 33.3 Å². The van der Waals surface area contributed by atoms with Gasteiger partial charge in [0.1, 0.15) is 10.9 Å². The lowest BCUT2D eigenvalue weighted by atomic mass is 9.88. The Labute approximate surface area is 283 Å². The van der Waals surface area contributed by atoms with E-state index in [9.17, 15) is 14.4 Å². The van der Waals surface area contributed by atoms with Crippen LogP contribution in [0.25, 0.3) is 21.5 Å². The zero-order valence-electron chi connectivity index (χ0n) is 29.1. The summed E-state index contributed by atoms with van der Waals surface area (Å²) in [5.74, 6) is -0.0668. The number of aryl methyl sites for hydroxylation is 2. The summed E-state index contributed by atoms with van der Waals surface area (Å²) >= 11 is 1.73. The molecule has 2 bridgehead atoms. The van der Waals surface area contributed by atoms with Gasteiger partial charge in [0.05, 0.1) is 11.1 Å². The predicted octanol–water partition coefficient (Wildman–Crippen LogP) is 6.21. The number of benzene rings is 1. The lowest BCUT2D eigenvalue weighted by molar-refractivity contribution is -0.137. The number of nitrogens with two attached hydrogens (primary N) is 1. The van der Waals surface area contributed by atoms with Crippen molar-refractivity contribution in [2.45, 2.75) is 116 Å². The smallest absolute Gasteiger partial charge is 0.240 e. The number of nitrogens with zero attached hydrogens (tertiary/aromatic N) is 2. The highest BCUT2D eigenvalue weighted by atomic mass is 32.1. The average Bonchev–Trinajstić information content (AvgIpc) is 3.79. The molecule has 3 amide bonds. The first-order valence-electron chi connectivity index (χ1n) is 17.7. The highest BCUT2D eigenvalue weighted by Gasteiger charge is 2.47. The van der Waals surface area contributed by atoms with Gasteiger partial charge in [-0.25, -0.2) is 0 Å². The van der Waals surface area contributed by atoms with E-state index in [1.807, 2.05) is 13.8 Å². The summed E-state index contributed by atoms with van der Waals surface area (Å²) < 4.78 is 0. The summed E-state index contributed by atoms with van der Waals surface area (Å²) in [4.78, 5) is 49.7. The predicted molar refractivity (Wildman–Crippen MR) is 190 cm³/mol. The molecule has 4 N–H and O–H groups in total. The highest BCUT2D eigenvalue weighted by Crippen LogP contribution is 2.44. The first-order chi connectivity index (χ1) is 22.3. The van der Waals surface area contributed by atoms with Crippen LogP contribution in [0, 0.1) is 25.7 Å². The van der Waals surface area contributed by atoms with Gasteiger partial charge in [-0.1, -0.05) is 31.0 Å². The number of rotatable bonds is 11. The van der Waals surface area contributed by atoms with Crippen molar-refractivity contribution < 1.29 is 14.4 Å². The molecule has 9 heteroatoms. The second kappa shape index (κ2) is 13.4. The fourth-order valence-electron chi connectivity index (χ4n) is 8.33. The molecule has 1 atom stereocenters. The molecule has 0 unspecified atom stereocenters. The third kappa shape index (κ3) is 6.89. The lowest BCUT2D eigenvalue weighted by Crippen LogP contribution is -2.49. The third-order valence-corrected chi connectivity index (χ3v) is 12.3. The summed E-state index contributed by atoms with van der Waals surface area (Å²) in [5.41, 5.74) is 11.2. The number of aromatic nitrogens is 1. The molecule has 254 valence electrons. The number of hydrogen-bond donors (Lipinski definition) is 3. The van der Waals surface area contributed by atoms with E-state index in [0.29, 0.717) is 18.5 Å². The van der Waals surface area contributed by atoms with Crippen molar-refractivity contribution in [3.63, 3.8) is 0 Å². The van der Waals surface area contributed by atoms with Gasteiger partial charge in [-0.15, -0.1) is 11.3 Å². The number of hydrogen-bond acceptors (Lipinski definition) is 5. The van der Waals surface area contributed by atoms with E-state index in [0.717, 1.165) is 74.3 Å². The fourth-order valence-corrected chi connectivity index (χ4v) is 9.52. The van der Waals surface area contributed by atoms with Gasteiger partial charge in [0.2, 0.25) is 17.7 Å². The minimum Gasteiger partial charge on any atom is -0.368 e. The molecule has 8 nitrogen and oxygen atoms in total. The Hall–Kier alpha value is -3.17. The molecule has 3 saturated heterocycles. The first-order valence-corrected chi connectivity index (χ1v) is 18.5. The van der Waals surface area contributed by atoms with Gasteiger partial charge < -0.3 is 25.8 Å². The maximum absolute atomic E-state index is 14.0. The number of thiophene rings is 1. The summed E-state index contributed by atoms with van der Waals surface area (Å²) in [7, 11) is 0. The molecule has 6 rings (SSSR count). The first kappa shape index (κ1) is 33.7. The minimum absolute atomic E-state index is 0.0524. The monoisotopic (exact) mass is 659 g/mol. The van der Waals surface area contributed by atoms with Gasteiger partial charge in [0.15, 0.2) is 0 Å². The second-order valence-electron chi connectivity index (χ2n) is 15.5. The van der Waals surface area contributed by atoms with Crippen molar-refractivity contribution in [1.29, 1.82) is 0 Å². The van der Waals surface area contributed by atoms with Gasteiger partial charge in [0, 0.05) is 34.8 Å². The van der Waals surface area contributed by atoms with Gasteiger partial charge in [-0.05, 0) is 127 Å².